The average molecular weight is 351 g/mol. The van der Waals surface area contributed by atoms with E-state index in [0.717, 1.165) is 0 Å². The summed E-state index contributed by atoms with van der Waals surface area (Å²) in [5.74, 6) is -0.251. The molecule has 2 heterocycles. The highest BCUT2D eigenvalue weighted by Gasteiger charge is 2.53. The van der Waals surface area contributed by atoms with E-state index in [1.807, 2.05) is 0 Å². The largest absolute Gasteiger partial charge is 0.325 e. The molecule has 1 N–H and O–H groups in total. The molecule has 2 saturated heterocycles. The third kappa shape index (κ3) is 2.59. The van der Waals surface area contributed by atoms with Crippen LogP contribution >= 0.6 is 0 Å². The summed E-state index contributed by atoms with van der Waals surface area (Å²) in [7, 11) is -3.57. The molecule has 3 amide bonds. The molecule has 2 aliphatic rings. The van der Waals surface area contributed by atoms with Crippen molar-refractivity contribution in [3.8, 4) is 0 Å². The van der Waals surface area contributed by atoms with Crippen LogP contribution < -0.4 is 5.32 Å². The molecule has 0 aromatic heterocycles. The molecule has 130 valence electrons. The quantitative estimate of drug-likeness (QED) is 0.828. The molecule has 2 fully saturated rings. The summed E-state index contributed by atoms with van der Waals surface area (Å²) in [5, 5.41) is 2.78. The van der Waals surface area contributed by atoms with E-state index in [1.165, 1.54) is 9.21 Å². The molecule has 7 nitrogen and oxygen atoms in total. The Bertz CT molecular complexity index is 753. The maximum absolute atomic E-state index is 12.7. The van der Waals surface area contributed by atoms with Crippen LogP contribution in [0.4, 0.5) is 4.79 Å². The van der Waals surface area contributed by atoms with Gasteiger partial charge in [0.25, 0.3) is 5.91 Å². The number of rotatable bonds is 3. The zero-order valence-electron chi connectivity index (χ0n) is 13.7. The summed E-state index contributed by atoms with van der Waals surface area (Å²) < 4.78 is 26.7. The molecule has 0 radical (unpaired) electrons. The van der Waals surface area contributed by atoms with Gasteiger partial charge in [-0.3, -0.25) is 9.69 Å². The van der Waals surface area contributed by atoms with Crippen molar-refractivity contribution in [1.82, 2.24) is 14.5 Å². The Balaban J connectivity index is 1.77. The lowest BCUT2D eigenvalue weighted by Crippen LogP contribution is -2.56. The Hall–Kier alpha value is -1.93. The van der Waals surface area contributed by atoms with E-state index < -0.39 is 21.6 Å². The van der Waals surface area contributed by atoms with Crippen LogP contribution in [-0.4, -0.2) is 54.2 Å². The highest BCUT2D eigenvalue weighted by atomic mass is 32.2. The highest BCUT2D eigenvalue weighted by molar-refractivity contribution is 7.89. The minimum Gasteiger partial charge on any atom is -0.323 e. The highest BCUT2D eigenvalue weighted by Crippen LogP contribution is 2.32. The number of hydrogen-bond donors (Lipinski definition) is 1. The molecule has 1 spiro atoms. The summed E-state index contributed by atoms with van der Waals surface area (Å²) in [5.41, 5.74) is -0.968. The van der Waals surface area contributed by atoms with Crippen LogP contribution in [0.5, 0.6) is 0 Å². The molecule has 3 rings (SSSR count). The molecule has 0 unspecified atom stereocenters. The molecule has 1 aromatic carbocycles. The Kier molecular flexibility index (Phi) is 4.13. The van der Waals surface area contributed by atoms with Gasteiger partial charge in [0.15, 0.2) is 0 Å². The number of imide groups is 1. The number of carbonyl (C=O) groups is 2. The van der Waals surface area contributed by atoms with Gasteiger partial charge in [-0.2, -0.15) is 4.31 Å². The van der Waals surface area contributed by atoms with Gasteiger partial charge >= 0.3 is 6.03 Å². The lowest BCUT2D eigenvalue weighted by atomic mass is 9.88. The summed E-state index contributed by atoms with van der Waals surface area (Å²) in [4.78, 5) is 26.2. The Morgan fingerprint density at radius 2 is 1.67 bits per heavy atom. The first-order valence-electron chi connectivity index (χ1n) is 7.99. The average Bonchev–Trinajstić information content (AvgIpc) is 2.79. The van der Waals surface area contributed by atoms with Gasteiger partial charge in [-0.05, 0) is 38.8 Å². The van der Waals surface area contributed by atoms with Gasteiger partial charge in [0.2, 0.25) is 10.0 Å². The fourth-order valence-electron chi connectivity index (χ4n) is 3.30. The SMILES string of the molecule is CC(C)N1C(=O)NC2(CCN(S(=O)(=O)c3ccccc3)CC2)C1=O. The van der Waals surface area contributed by atoms with E-state index >= 15 is 0 Å². The van der Waals surface area contributed by atoms with Gasteiger partial charge in [0.1, 0.15) is 5.54 Å². The number of nitrogens with one attached hydrogen (secondary N) is 1. The van der Waals surface area contributed by atoms with Crippen molar-refractivity contribution in [3.63, 3.8) is 0 Å². The zero-order chi connectivity index (χ0) is 17.5. The second-order valence-electron chi connectivity index (χ2n) is 6.50. The van der Waals surface area contributed by atoms with E-state index in [4.69, 9.17) is 0 Å². The topological polar surface area (TPSA) is 86.8 Å². The summed E-state index contributed by atoms with van der Waals surface area (Å²) in [6.07, 6.45) is 0.569. The third-order valence-electron chi connectivity index (χ3n) is 4.67. The molecule has 0 atom stereocenters. The first-order chi connectivity index (χ1) is 11.3. The predicted octanol–water partition coefficient (Wildman–Crippen LogP) is 1.17. The van der Waals surface area contributed by atoms with Crippen LogP contribution in [0.2, 0.25) is 0 Å². The van der Waals surface area contributed by atoms with Crippen molar-refractivity contribution in [1.29, 1.82) is 0 Å². The predicted molar refractivity (Wildman–Crippen MR) is 87.7 cm³/mol. The molecular weight excluding hydrogens is 330 g/mol. The Labute approximate surface area is 141 Å². The number of amides is 3. The van der Waals surface area contributed by atoms with E-state index in [9.17, 15) is 18.0 Å². The minimum atomic E-state index is -3.57. The van der Waals surface area contributed by atoms with Crippen molar-refractivity contribution in [2.75, 3.05) is 13.1 Å². The van der Waals surface area contributed by atoms with Crippen LogP contribution in [0.25, 0.3) is 0 Å². The molecule has 0 aliphatic carbocycles. The van der Waals surface area contributed by atoms with E-state index in [2.05, 4.69) is 5.32 Å². The van der Waals surface area contributed by atoms with Crippen LogP contribution in [0.3, 0.4) is 0 Å². The number of urea groups is 1. The molecule has 0 saturated carbocycles. The van der Waals surface area contributed by atoms with Gasteiger partial charge in [-0.1, -0.05) is 18.2 Å². The fourth-order valence-corrected chi connectivity index (χ4v) is 4.76. The summed E-state index contributed by atoms with van der Waals surface area (Å²) in [6.45, 7) is 3.97. The van der Waals surface area contributed by atoms with E-state index in [-0.39, 0.29) is 42.8 Å². The lowest BCUT2D eigenvalue weighted by Gasteiger charge is -2.36. The number of carbonyl (C=O) groups excluding carboxylic acids is 2. The molecule has 8 heteroatoms. The van der Waals surface area contributed by atoms with Gasteiger partial charge in [0.05, 0.1) is 4.90 Å². The standard InChI is InChI=1S/C16H21N3O4S/c1-12(2)19-14(20)16(17-15(19)21)8-10-18(11-9-16)24(22,23)13-6-4-3-5-7-13/h3-7,12H,8-11H2,1-2H3,(H,17,21). The smallest absolute Gasteiger partial charge is 0.323 e. The number of benzene rings is 1. The first kappa shape index (κ1) is 16.9. The van der Waals surface area contributed by atoms with Crippen molar-refractivity contribution in [2.24, 2.45) is 0 Å². The van der Waals surface area contributed by atoms with Crippen molar-refractivity contribution < 1.29 is 18.0 Å². The van der Waals surface area contributed by atoms with Crippen LogP contribution in [0, 0.1) is 0 Å². The van der Waals surface area contributed by atoms with Gasteiger partial charge < -0.3 is 5.32 Å². The monoisotopic (exact) mass is 351 g/mol. The molecule has 2 aliphatic heterocycles. The third-order valence-corrected chi connectivity index (χ3v) is 6.58. The summed E-state index contributed by atoms with van der Waals surface area (Å²) >= 11 is 0. The second kappa shape index (κ2) is 5.86. The van der Waals surface area contributed by atoms with Crippen LogP contribution in [0.15, 0.2) is 35.2 Å². The van der Waals surface area contributed by atoms with Gasteiger partial charge in [-0.25, -0.2) is 13.2 Å². The Morgan fingerprint density at radius 1 is 1.08 bits per heavy atom. The number of hydrogen-bond acceptors (Lipinski definition) is 4. The van der Waals surface area contributed by atoms with Crippen molar-refractivity contribution in [2.45, 2.75) is 43.2 Å². The lowest BCUT2D eigenvalue weighted by molar-refractivity contribution is -0.133. The van der Waals surface area contributed by atoms with Gasteiger partial charge in [-0.15, -0.1) is 0 Å². The molecular formula is C16H21N3O4S. The van der Waals surface area contributed by atoms with Gasteiger partial charge in [0, 0.05) is 19.1 Å². The number of nitrogens with zero attached hydrogens (tertiary/aromatic N) is 2. The molecule has 1 aromatic rings. The maximum atomic E-state index is 12.7. The first-order valence-corrected chi connectivity index (χ1v) is 9.43. The number of sulfonamides is 1. The van der Waals surface area contributed by atoms with Crippen molar-refractivity contribution in [3.05, 3.63) is 30.3 Å². The maximum Gasteiger partial charge on any atom is 0.325 e. The minimum absolute atomic E-state index is 0.204. The van der Waals surface area contributed by atoms with Crippen LogP contribution in [0.1, 0.15) is 26.7 Å². The normalized spacial score (nSPS) is 21.5. The number of piperidine rings is 1. The van der Waals surface area contributed by atoms with Crippen LogP contribution in [-0.2, 0) is 14.8 Å². The second-order valence-corrected chi connectivity index (χ2v) is 8.44. The van der Waals surface area contributed by atoms with Crippen molar-refractivity contribution >= 4 is 22.0 Å². The Morgan fingerprint density at radius 3 is 2.17 bits per heavy atom. The summed E-state index contributed by atoms with van der Waals surface area (Å²) in [6, 6.07) is 7.62. The fraction of sp³-hybridized carbons (Fsp3) is 0.500. The van der Waals surface area contributed by atoms with E-state index in [0.29, 0.717) is 0 Å². The zero-order valence-corrected chi connectivity index (χ0v) is 14.5. The van der Waals surface area contributed by atoms with E-state index in [1.54, 1.807) is 44.2 Å². The molecule has 0 bridgehead atoms. The molecule has 24 heavy (non-hydrogen) atoms.